The Kier molecular flexibility index (Phi) is 3.07. The molecule has 0 unspecified atom stereocenters. The van der Waals surface area contributed by atoms with Gasteiger partial charge in [-0.25, -0.2) is 0 Å². The maximum absolute atomic E-state index is 10.4. The summed E-state index contributed by atoms with van der Waals surface area (Å²) < 4.78 is 0. The van der Waals surface area contributed by atoms with E-state index in [1.165, 1.54) is 0 Å². The van der Waals surface area contributed by atoms with E-state index in [1.807, 2.05) is 0 Å². The van der Waals surface area contributed by atoms with Crippen LogP contribution in [0.3, 0.4) is 0 Å². The second-order valence-corrected chi connectivity index (χ2v) is 1.37. The largest absolute Gasteiger partial charge is 0.289 e. The topological polar surface area (TPSA) is 34.1 Å². The average Bonchev–Trinajstić information content (AvgIpc) is 1.87. The van der Waals surface area contributed by atoms with Crippen LogP contribution < -0.4 is 0 Å². The number of rotatable bonds is 3. The number of Topliss-reactive ketones (excluding diaryl/α,β-unsaturated/α-hetero) is 1. The van der Waals surface area contributed by atoms with E-state index in [0.29, 0.717) is 0 Å². The molecule has 9 heavy (non-hydrogen) atoms. The maximum atomic E-state index is 10.4. The minimum absolute atomic E-state index is 0.134. The molecule has 0 aliphatic carbocycles. The van der Waals surface area contributed by atoms with Crippen molar-refractivity contribution in [2.75, 3.05) is 0 Å². The quantitative estimate of drug-likeness (QED) is 0.307. The zero-order valence-electron chi connectivity index (χ0n) is 4.89. The highest BCUT2D eigenvalue weighted by Crippen LogP contribution is 1.82. The van der Waals surface area contributed by atoms with Crippen molar-refractivity contribution in [3.8, 4) is 12.3 Å². The molecule has 0 saturated heterocycles. The number of ketones is 2. The number of hydrogen-bond acceptors (Lipinski definition) is 2. The van der Waals surface area contributed by atoms with E-state index >= 15 is 0 Å². The molecule has 0 bridgehead atoms. The number of hydrogen-bond donors (Lipinski definition) is 0. The fourth-order valence-electron chi connectivity index (χ4n) is 0.294. The third kappa shape index (κ3) is 2.45. The van der Waals surface area contributed by atoms with E-state index in [2.05, 4.69) is 12.5 Å². The Bertz CT molecular complexity index is 184. The van der Waals surface area contributed by atoms with Gasteiger partial charge in [0.1, 0.15) is 0 Å². The fraction of sp³-hybridized carbons (Fsp3) is 0.143. The van der Waals surface area contributed by atoms with Crippen LogP contribution in [0.5, 0.6) is 0 Å². The van der Waals surface area contributed by atoms with Gasteiger partial charge >= 0.3 is 0 Å². The van der Waals surface area contributed by atoms with Gasteiger partial charge < -0.3 is 0 Å². The molecule has 0 N–H and O–H groups in total. The van der Waals surface area contributed by atoms with E-state index in [-0.39, 0.29) is 6.42 Å². The number of carbonyl (C=O) groups excluding carboxylic acids is 2. The van der Waals surface area contributed by atoms with Gasteiger partial charge in [-0.2, -0.15) is 0 Å². The summed E-state index contributed by atoms with van der Waals surface area (Å²) >= 11 is 0. The summed E-state index contributed by atoms with van der Waals surface area (Å²) in [6.07, 6.45) is 5.59. The van der Waals surface area contributed by atoms with Crippen LogP contribution in [0.1, 0.15) is 6.42 Å². The normalized spacial score (nSPS) is 7.44. The molecule has 0 saturated carbocycles. The Morgan fingerprint density at radius 1 is 1.67 bits per heavy atom. The molecule has 2 heteroatoms. The van der Waals surface area contributed by atoms with Gasteiger partial charge in [0.25, 0.3) is 0 Å². The third-order valence-corrected chi connectivity index (χ3v) is 0.723. The van der Waals surface area contributed by atoms with Gasteiger partial charge in [-0.1, -0.05) is 12.5 Å². The van der Waals surface area contributed by atoms with Crippen molar-refractivity contribution in [2.45, 2.75) is 6.42 Å². The highest BCUT2D eigenvalue weighted by atomic mass is 16.2. The van der Waals surface area contributed by atoms with Gasteiger partial charge in [-0.3, -0.25) is 9.59 Å². The van der Waals surface area contributed by atoms with Crippen molar-refractivity contribution < 1.29 is 9.59 Å². The van der Waals surface area contributed by atoms with E-state index < -0.39 is 11.6 Å². The highest BCUT2D eigenvalue weighted by Gasteiger charge is 2.05. The Hall–Kier alpha value is -1.36. The third-order valence-electron chi connectivity index (χ3n) is 0.723. The lowest BCUT2D eigenvalue weighted by Crippen LogP contribution is -2.08. The number of terminal acetylenes is 1. The molecule has 0 spiro atoms. The van der Waals surface area contributed by atoms with Crippen molar-refractivity contribution in [1.82, 2.24) is 0 Å². The van der Waals surface area contributed by atoms with Crippen molar-refractivity contribution in [3.05, 3.63) is 12.7 Å². The van der Waals surface area contributed by atoms with E-state index in [4.69, 9.17) is 6.42 Å². The van der Waals surface area contributed by atoms with Crippen LogP contribution in [0.4, 0.5) is 0 Å². The summed E-state index contributed by atoms with van der Waals surface area (Å²) in [6.45, 7) is 3.12. The first-order valence-electron chi connectivity index (χ1n) is 2.35. The smallest absolute Gasteiger partial charge is 0.221 e. The first kappa shape index (κ1) is 7.64. The average molecular weight is 122 g/mol. The van der Waals surface area contributed by atoms with Gasteiger partial charge in [-0.15, -0.1) is 6.42 Å². The summed E-state index contributed by atoms with van der Waals surface area (Å²) in [5.41, 5.74) is 0. The molecule has 0 aliphatic rings. The van der Waals surface area contributed by atoms with E-state index in [1.54, 1.807) is 0 Å². The number of allylic oxidation sites excluding steroid dienone is 1. The van der Waals surface area contributed by atoms with Crippen LogP contribution in [0.2, 0.25) is 0 Å². The first-order valence-corrected chi connectivity index (χ1v) is 2.35. The summed E-state index contributed by atoms with van der Waals surface area (Å²) in [7, 11) is 0. The van der Waals surface area contributed by atoms with Crippen LogP contribution in [0.25, 0.3) is 0 Å². The molecule has 0 aromatic heterocycles. The lowest BCUT2D eigenvalue weighted by Gasteiger charge is -1.83. The molecule has 2 nitrogen and oxygen atoms in total. The first-order chi connectivity index (χ1) is 4.22. The van der Waals surface area contributed by atoms with Gasteiger partial charge in [0.15, 0.2) is 0 Å². The molecular weight excluding hydrogens is 116 g/mol. The Balaban J connectivity index is 3.92. The Morgan fingerprint density at radius 2 is 2.22 bits per heavy atom. The molecular formula is C7H6O2. The molecule has 0 rings (SSSR count). The molecule has 0 aromatic rings. The minimum Gasteiger partial charge on any atom is -0.289 e. The molecule has 46 valence electrons. The molecule has 0 fully saturated rings. The lowest BCUT2D eigenvalue weighted by atomic mass is 10.2. The predicted molar refractivity (Wildman–Crippen MR) is 33.7 cm³/mol. The van der Waals surface area contributed by atoms with Crippen molar-refractivity contribution in [1.29, 1.82) is 0 Å². The SMILES string of the molecule is C#CCC(=O)C(=O)C=C. The Labute approximate surface area is 53.6 Å². The van der Waals surface area contributed by atoms with Crippen LogP contribution in [-0.4, -0.2) is 11.6 Å². The van der Waals surface area contributed by atoms with Crippen LogP contribution in [0.15, 0.2) is 12.7 Å². The lowest BCUT2D eigenvalue weighted by molar-refractivity contribution is -0.133. The molecule has 0 heterocycles. The second kappa shape index (κ2) is 3.62. The zero-order valence-corrected chi connectivity index (χ0v) is 4.89. The predicted octanol–water partition coefficient (Wildman–Crippen LogP) is 0.334. The molecule has 0 atom stereocenters. The monoisotopic (exact) mass is 122 g/mol. The fourth-order valence-corrected chi connectivity index (χ4v) is 0.294. The molecule has 0 aromatic carbocycles. The Morgan fingerprint density at radius 3 is 2.56 bits per heavy atom. The van der Waals surface area contributed by atoms with Crippen molar-refractivity contribution >= 4 is 11.6 Å². The summed E-state index contributed by atoms with van der Waals surface area (Å²) in [5.74, 6) is 0.871. The van der Waals surface area contributed by atoms with E-state index in [0.717, 1.165) is 6.08 Å². The van der Waals surface area contributed by atoms with E-state index in [9.17, 15) is 9.59 Å². The van der Waals surface area contributed by atoms with Crippen LogP contribution in [-0.2, 0) is 9.59 Å². The minimum atomic E-state index is -0.618. The van der Waals surface area contributed by atoms with Gasteiger partial charge in [-0.05, 0) is 6.08 Å². The zero-order chi connectivity index (χ0) is 7.28. The maximum Gasteiger partial charge on any atom is 0.221 e. The highest BCUT2D eigenvalue weighted by molar-refractivity contribution is 6.41. The standard InChI is InChI=1S/C7H6O2/c1-3-5-7(9)6(8)4-2/h1,4H,2,5H2. The van der Waals surface area contributed by atoms with Gasteiger partial charge in [0.2, 0.25) is 11.6 Å². The van der Waals surface area contributed by atoms with Crippen LogP contribution >= 0.6 is 0 Å². The number of carbonyl (C=O) groups is 2. The van der Waals surface area contributed by atoms with Crippen molar-refractivity contribution in [2.24, 2.45) is 0 Å². The molecule has 0 amide bonds. The molecule has 0 radical (unpaired) electrons. The summed E-state index contributed by atoms with van der Waals surface area (Å²) in [6, 6.07) is 0. The second-order valence-electron chi connectivity index (χ2n) is 1.37. The summed E-state index contributed by atoms with van der Waals surface area (Å²) in [4.78, 5) is 20.7. The van der Waals surface area contributed by atoms with Crippen molar-refractivity contribution in [3.63, 3.8) is 0 Å². The van der Waals surface area contributed by atoms with Gasteiger partial charge in [0.05, 0.1) is 6.42 Å². The molecule has 0 aliphatic heterocycles. The summed E-state index contributed by atoms with van der Waals surface area (Å²) in [5, 5.41) is 0. The van der Waals surface area contributed by atoms with Crippen LogP contribution in [0, 0.1) is 12.3 Å². The van der Waals surface area contributed by atoms with Gasteiger partial charge in [0, 0.05) is 0 Å².